The molecule has 0 fully saturated rings. The molecule has 0 spiro atoms. The molecule has 0 aliphatic carbocycles. The van der Waals surface area contributed by atoms with Crippen molar-refractivity contribution in [3.05, 3.63) is 94.9 Å². The first kappa shape index (κ1) is 16.3. The van der Waals surface area contributed by atoms with Crippen molar-refractivity contribution in [1.82, 2.24) is 4.90 Å². The van der Waals surface area contributed by atoms with E-state index in [9.17, 15) is 4.79 Å². The average Bonchev–Trinajstić information content (AvgIpc) is 3.13. The van der Waals surface area contributed by atoms with Crippen molar-refractivity contribution >= 4 is 17.5 Å². The molecule has 0 saturated heterocycles. The van der Waals surface area contributed by atoms with Gasteiger partial charge in [0.05, 0.1) is 12.8 Å². The minimum Gasteiger partial charge on any atom is -0.467 e. The lowest BCUT2D eigenvalue weighted by Gasteiger charge is -2.22. The SMILES string of the molecule is O=C(c1ccc(Cl)cc1)N(CCc1ccccc1)Cc1ccco1. The number of amides is 1. The Morgan fingerprint density at radius 3 is 2.38 bits per heavy atom. The lowest BCUT2D eigenvalue weighted by Crippen LogP contribution is -2.32. The number of carbonyl (C=O) groups excluding carboxylic acids is 1. The third kappa shape index (κ3) is 4.27. The van der Waals surface area contributed by atoms with Gasteiger partial charge in [-0.1, -0.05) is 41.9 Å². The highest BCUT2D eigenvalue weighted by atomic mass is 35.5. The summed E-state index contributed by atoms with van der Waals surface area (Å²) in [6, 6.07) is 20.8. The Kier molecular flexibility index (Phi) is 5.34. The van der Waals surface area contributed by atoms with E-state index in [4.69, 9.17) is 16.0 Å². The minimum absolute atomic E-state index is 0.0287. The summed E-state index contributed by atoms with van der Waals surface area (Å²) in [5.74, 6) is 0.740. The van der Waals surface area contributed by atoms with Crippen LogP contribution in [-0.2, 0) is 13.0 Å². The molecule has 0 radical (unpaired) electrons. The van der Waals surface area contributed by atoms with E-state index in [-0.39, 0.29) is 5.91 Å². The van der Waals surface area contributed by atoms with Crippen LogP contribution in [0.3, 0.4) is 0 Å². The first-order valence-corrected chi connectivity index (χ1v) is 8.21. The molecule has 0 aliphatic heterocycles. The van der Waals surface area contributed by atoms with Crippen LogP contribution in [0.4, 0.5) is 0 Å². The summed E-state index contributed by atoms with van der Waals surface area (Å²) in [6.07, 6.45) is 2.42. The van der Waals surface area contributed by atoms with Crippen molar-refractivity contribution in [3.63, 3.8) is 0 Å². The van der Waals surface area contributed by atoms with Gasteiger partial charge in [-0.05, 0) is 48.4 Å². The van der Waals surface area contributed by atoms with Crippen LogP contribution in [0, 0.1) is 0 Å². The first-order valence-electron chi connectivity index (χ1n) is 7.83. The fourth-order valence-corrected chi connectivity index (χ4v) is 2.65. The van der Waals surface area contributed by atoms with Crippen molar-refractivity contribution in [3.8, 4) is 0 Å². The fraction of sp³-hybridized carbons (Fsp3) is 0.150. The van der Waals surface area contributed by atoms with Gasteiger partial charge in [-0.3, -0.25) is 4.79 Å². The van der Waals surface area contributed by atoms with Gasteiger partial charge in [0, 0.05) is 17.1 Å². The molecule has 3 rings (SSSR count). The molecular weight excluding hydrogens is 322 g/mol. The highest BCUT2D eigenvalue weighted by Gasteiger charge is 2.17. The fourth-order valence-electron chi connectivity index (χ4n) is 2.53. The Morgan fingerprint density at radius 2 is 1.71 bits per heavy atom. The van der Waals surface area contributed by atoms with Crippen molar-refractivity contribution < 1.29 is 9.21 Å². The summed E-state index contributed by atoms with van der Waals surface area (Å²) >= 11 is 5.91. The zero-order valence-electron chi connectivity index (χ0n) is 13.2. The Balaban J connectivity index is 1.75. The third-order valence-corrected chi connectivity index (χ3v) is 4.07. The highest BCUT2D eigenvalue weighted by molar-refractivity contribution is 6.30. The number of halogens is 1. The number of hydrogen-bond acceptors (Lipinski definition) is 2. The molecule has 0 bridgehead atoms. The summed E-state index contributed by atoms with van der Waals surface area (Å²) in [7, 11) is 0. The zero-order valence-corrected chi connectivity index (χ0v) is 13.9. The number of carbonyl (C=O) groups is 1. The number of benzene rings is 2. The molecule has 1 heterocycles. The van der Waals surface area contributed by atoms with E-state index >= 15 is 0 Å². The lowest BCUT2D eigenvalue weighted by atomic mass is 10.1. The van der Waals surface area contributed by atoms with E-state index in [0.29, 0.717) is 23.7 Å². The van der Waals surface area contributed by atoms with Crippen LogP contribution in [0.2, 0.25) is 5.02 Å². The van der Waals surface area contributed by atoms with Gasteiger partial charge >= 0.3 is 0 Å². The van der Waals surface area contributed by atoms with E-state index in [1.807, 2.05) is 30.3 Å². The molecule has 122 valence electrons. The largest absolute Gasteiger partial charge is 0.467 e. The zero-order chi connectivity index (χ0) is 16.8. The standard InChI is InChI=1S/C20H18ClNO2/c21-18-10-8-17(9-11-18)20(23)22(15-19-7-4-14-24-19)13-12-16-5-2-1-3-6-16/h1-11,14H,12-13,15H2. The summed E-state index contributed by atoms with van der Waals surface area (Å²) < 4.78 is 5.41. The maximum Gasteiger partial charge on any atom is 0.254 e. The molecule has 24 heavy (non-hydrogen) atoms. The van der Waals surface area contributed by atoms with Crippen LogP contribution in [0.15, 0.2) is 77.4 Å². The molecule has 0 atom stereocenters. The van der Waals surface area contributed by atoms with Gasteiger partial charge < -0.3 is 9.32 Å². The Morgan fingerprint density at radius 1 is 0.958 bits per heavy atom. The summed E-state index contributed by atoms with van der Waals surface area (Å²) in [6.45, 7) is 1.06. The van der Waals surface area contributed by atoms with Crippen LogP contribution >= 0.6 is 11.6 Å². The molecule has 3 aromatic rings. The molecule has 0 aliphatic rings. The average molecular weight is 340 g/mol. The normalized spacial score (nSPS) is 10.5. The number of nitrogens with zero attached hydrogens (tertiary/aromatic N) is 1. The molecule has 4 heteroatoms. The molecule has 2 aromatic carbocycles. The topological polar surface area (TPSA) is 33.5 Å². The first-order chi connectivity index (χ1) is 11.7. The second-order valence-corrected chi connectivity index (χ2v) is 5.98. The Bertz CT molecular complexity index is 767. The predicted molar refractivity (Wildman–Crippen MR) is 95.0 cm³/mol. The van der Waals surface area contributed by atoms with E-state index in [0.717, 1.165) is 12.2 Å². The van der Waals surface area contributed by atoms with Crippen molar-refractivity contribution in [2.24, 2.45) is 0 Å². The third-order valence-electron chi connectivity index (χ3n) is 3.82. The van der Waals surface area contributed by atoms with Crippen LogP contribution in [0.1, 0.15) is 21.7 Å². The monoisotopic (exact) mass is 339 g/mol. The van der Waals surface area contributed by atoms with Gasteiger partial charge in [0.15, 0.2) is 0 Å². The number of hydrogen-bond donors (Lipinski definition) is 0. The minimum atomic E-state index is -0.0287. The van der Waals surface area contributed by atoms with Crippen LogP contribution in [0.5, 0.6) is 0 Å². The van der Waals surface area contributed by atoms with Crippen LogP contribution in [0.25, 0.3) is 0 Å². The van der Waals surface area contributed by atoms with Crippen molar-refractivity contribution in [1.29, 1.82) is 0 Å². The highest BCUT2D eigenvalue weighted by Crippen LogP contribution is 2.15. The maximum atomic E-state index is 12.8. The quantitative estimate of drug-likeness (QED) is 0.645. The Labute approximate surface area is 146 Å². The van der Waals surface area contributed by atoms with Gasteiger partial charge in [-0.25, -0.2) is 0 Å². The summed E-state index contributed by atoms with van der Waals surface area (Å²) in [4.78, 5) is 14.6. The summed E-state index contributed by atoms with van der Waals surface area (Å²) in [5.41, 5.74) is 1.82. The molecule has 0 unspecified atom stereocenters. The van der Waals surface area contributed by atoms with Gasteiger partial charge in [0.1, 0.15) is 5.76 Å². The smallest absolute Gasteiger partial charge is 0.254 e. The number of rotatable bonds is 6. The molecule has 1 amide bonds. The molecule has 0 saturated carbocycles. The Hall–Kier alpha value is -2.52. The molecule has 0 N–H and O–H groups in total. The van der Waals surface area contributed by atoms with E-state index in [1.54, 1.807) is 35.4 Å². The lowest BCUT2D eigenvalue weighted by molar-refractivity contribution is 0.0733. The maximum absolute atomic E-state index is 12.8. The number of furan rings is 1. The molecular formula is C20H18ClNO2. The second-order valence-electron chi connectivity index (χ2n) is 5.55. The van der Waals surface area contributed by atoms with Gasteiger partial charge in [-0.2, -0.15) is 0 Å². The van der Waals surface area contributed by atoms with Gasteiger partial charge in [-0.15, -0.1) is 0 Å². The van der Waals surface area contributed by atoms with Crippen molar-refractivity contribution in [2.75, 3.05) is 6.54 Å². The van der Waals surface area contributed by atoms with Crippen LogP contribution < -0.4 is 0 Å². The molecule has 3 nitrogen and oxygen atoms in total. The van der Waals surface area contributed by atoms with Gasteiger partial charge in [0.2, 0.25) is 0 Å². The second kappa shape index (κ2) is 7.84. The van der Waals surface area contributed by atoms with Crippen LogP contribution in [-0.4, -0.2) is 17.4 Å². The van der Waals surface area contributed by atoms with E-state index in [1.165, 1.54) is 5.56 Å². The van der Waals surface area contributed by atoms with E-state index < -0.39 is 0 Å². The van der Waals surface area contributed by atoms with Crippen molar-refractivity contribution in [2.45, 2.75) is 13.0 Å². The van der Waals surface area contributed by atoms with E-state index in [2.05, 4.69) is 12.1 Å². The van der Waals surface area contributed by atoms with Gasteiger partial charge in [0.25, 0.3) is 5.91 Å². The molecule has 1 aromatic heterocycles. The summed E-state index contributed by atoms with van der Waals surface area (Å²) in [5, 5.41) is 0.619. The predicted octanol–water partition coefficient (Wildman–Crippen LogP) is 4.82.